The fourth-order valence-electron chi connectivity index (χ4n) is 1.96. The van der Waals surface area contributed by atoms with Gasteiger partial charge in [-0.2, -0.15) is 0 Å². The highest BCUT2D eigenvalue weighted by molar-refractivity contribution is 9.10. The highest BCUT2D eigenvalue weighted by atomic mass is 79.9. The van der Waals surface area contributed by atoms with E-state index in [1.807, 2.05) is 26.0 Å². The molecule has 0 saturated carbocycles. The maximum atomic E-state index is 12.3. The molecule has 1 heterocycles. The van der Waals surface area contributed by atoms with Crippen LogP contribution in [0.3, 0.4) is 0 Å². The molecule has 2 rings (SSSR count). The molecule has 0 aliphatic carbocycles. The van der Waals surface area contributed by atoms with Crippen molar-refractivity contribution >= 4 is 27.5 Å². The number of carbonyl (C=O) groups excluding carboxylic acids is 1. The van der Waals surface area contributed by atoms with Crippen LogP contribution in [0, 0.1) is 13.8 Å². The first kappa shape index (κ1) is 12.9. The molecule has 1 aromatic heterocycles. The highest BCUT2D eigenvalue weighted by Crippen LogP contribution is 2.22. The lowest BCUT2D eigenvalue weighted by Crippen LogP contribution is -2.27. The van der Waals surface area contributed by atoms with E-state index in [4.69, 9.17) is 0 Å². The predicted octanol–water partition coefficient (Wildman–Crippen LogP) is 3.67. The Balaban J connectivity index is 2.31. The summed E-state index contributed by atoms with van der Waals surface area (Å²) >= 11 is 3.33. The van der Waals surface area contributed by atoms with Crippen molar-refractivity contribution in [2.75, 3.05) is 11.9 Å². The lowest BCUT2D eigenvalue weighted by Gasteiger charge is -2.19. The Hall–Kier alpha value is -1.55. The molecule has 0 atom stereocenters. The average molecular weight is 307 g/mol. The van der Waals surface area contributed by atoms with Crippen molar-refractivity contribution < 1.29 is 4.79 Å². The lowest BCUT2D eigenvalue weighted by molar-refractivity contribution is 0.0988. The molecule has 1 amide bonds. The number of H-pyrrole nitrogens is 1. The first-order valence-electron chi connectivity index (χ1n) is 5.68. The van der Waals surface area contributed by atoms with Gasteiger partial charge in [0.05, 0.1) is 0 Å². The van der Waals surface area contributed by atoms with Crippen LogP contribution in [0.2, 0.25) is 0 Å². The van der Waals surface area contributed by atoms with Gasteiger partial charge in [-0.25, -0.2) is 0 Å². The van der Waals surface area contributed by atoms with E-state index in [1.54, 1.807) is 24.2 Å². The third-order valence-electron chi connectivity index (χ3n) is 2.90. The normalized spacial score (nSPS) is 10.4. The minimum atomic E-state index is -0.0485. The van der Waals surface area contributed by atoms with Gasteiger partial charge < -0.3 is 9.88 Å². The molecular weight excluding hydrogens is 292 g/mol. The zero-order valence-electron chi connectivity index (χ0n) is 10.6. The van der Waals surface area contributed by atoms with Crippen LogP contribution < -0.4 is 4.90 Å². The van der Waals surface area contributed by atoms with Crippen LogP contribution in [0.5, 0.6) is 0 Å². The van der Waals surface area contributed by atoms with Crippen molar-refractivity contribution in [1.82, 2.24) is 4.98 Å². The molecule has 0 aliphatic rings. The monoisotopic (exact) mass is 306 g/mol. The maximum absolute atomic E-state index is 12.3. The third kappa shape index (κ3) is 2.48. The van der Waals surface area contributed by atoms with Crippen molar-refractivity contribution in [2.45, 2.75) is 13.8 Å². The summed E-state index contributed by atoms with van der Waals surface area (Å²) in [5.41, 5.74) is 3.79. The topological polar surface area (TPSA) is 36.1 Å². The Morgan fingerprint density at radius 1 is 1.28 bits per heavy atom. The van der Waals surface area contributed by atoms with Gasteiger partial charge in [-0.1, -0.05) is 17.7 Å². The molecule has 0 bridgehead atoms. The minimum absolute atomic E-state index is 0.0485. The summed E-state index contributed by atoms with van der Waals surface area (Å²) in [6.45, 7) is 4.05. The van der Waals surface area contributed by atoms with E-state index in [0.717, 1.165) is 15.7 Å². The summed E-state index contributed by atoms with van der Waals surface area (Å²) in [6, 6.07) is 7.84. The van der Waals surface area contributed by atoms with Crippen molar-refractivity contribution in [3.8, 4) is 0 Å². The Labute approximate surface area is 115 Å². The number of nitrogens with one attached hydrogen (secondary N) is 1. The molecule has 0 fully saturated rings. The van der Waals surface area contributed by atoms with Crippen LogP contribution in [0.1, 0.15) is 21.6 Å². The smallest absolute Gasteiger partial charge is 0.274 e. The largest absolute Gasteiger partial charge is 0.356 e. The number of aromatic nitrogens is 1. The second-order valence-electron chi connectivity index (χ2n) is 4.39. The van der Waals surface area contributed by atoms with E-state index in [9.17, 15) is 4.79 Å². The van der Waals surface area contributed by atoms with E-state index < -0.39 is 0 Å². The predicted molar refractivity (Wildman–Crippen MR) is 77.1 cm³/mol. The number of benzene rings is 1. The molecular formula is C14H15BrN2O. The molecule has 3 nitrogen and oxygen atoms in total. The van der Waals surface area contributed by atoms with Gasteiger partial charge in [-0.3, -0.25) is 4.79 Å². The fourth-order valence-corrected chi connectivity index (χ4v) is 2.31. The van der Waals surface area contributed by atoms with E-state index in [0.29, 0.717) is 5.69 Å². The molecule has 0 spiro atoms. The van der Waals surface area contributed by atoms with Crippen molar-refractivity contribution in [2.24, 2.45) is 0 Å². The molecule has 2 aromatic rings. The number of halogens is 1. The van der Waals surface area contributed by atoms with Gasteiger partial charge in [0, 0.05) is 23.4 Å². The summed E-state index contributed by atoms with van der Waals surface area (Å²) in [4.78, 5) is 16.9. The van der Waals surface area contributed by atoms with Gasteiger partial charge in [0.15, 0.2) is 0 Å². The number of carbonyl (C=O) groups is 1. The molecule has 18 heavy (non-hydrogen) atoms. The first-order chi connectivity index (χ1) is 8.49. The van der Waals surface area contributed by atoms with Gasteiger partial charge >= 0.3 is 0 Å². The molecule has 1 N–H and O–H groups in total. The number of nitrogens with zero attached hydrogens (tertiary/aromatic N) is 1. The van der Waals surface area contributed by atoms with Crippen LogP contribution in [0.4, 0.5) is 5.69 Å². The summed E-state index contributed by atoms with van der Waals surface area (Å²) in [5, 5.41) is 0. The molecule has 94 valence electrons. The molecule has 0 unspecified atom stereocenters. The number of rotatable bonds is 2. The van der Waals surface area contributed by atoms with Crippen LogP contribution in [0.15, 0.2) is 34.9 Å². The van der Waals surface area contributed by atoms with Gasteiger partial charge in [-0.05, 0) is 47.5 Å². The Morgan fingerprint density at radius 2 is 2.00 bits per heavy atom. The molecule has 0 aliphatic heterocycles. The second kappa shape index (κ2) is 4.98. The molecule has 1 aromatic carbocycles. The SMILES string of the molecule is Cc1ccc(N(C)C(=O)c2cc(Br)c[nH]2)c(C)c1. The Morgan fingerprint density at radius 3 is 2.56 bits per heavy atom. The number of aryl methyl sites for hydroxylation is 2. The van der Waals surface area contributed by atoms with Crippen LogP contribution in [-0.2, 0) is 0 Å². The van der Waals surface area contributed by atoms with Gasteiger partial charge in [0.1, 0.15) is 5.69 Å². The zero-order valence-corrected chi connectivity index (χ0v) is 12.2. The molecule has 0 radical (unpaired) electrons. The molecule has 0 saturated heterocycles. The van der Waals surface area contributed by atoms with Crippen molar-refractivity contribution in [3.05, 3.63) is 51.8 Å². The number of hydrogen-bond donors (Lipinski definition) is 1. The van der Waals surface area contributed by atoms with Crippen molar-refractivity contribution in [3.63, 3.8) is 0 Å². The second-order valence-corrected chi connectivity index (χ2v) is 5.30. The van der Waals surface area contributed by atoms with Gasteiger partial charge in [0.25, 0.3) is 5.91 Å². The summed E-state index contributed by atoms with van der Waals surface area (Å²) in [6.07, 6.45) is 1.75. The Kier molecular flexibility index (Phi) is 3.57. The van der Waals surface area contributed by atoms with Crippen LogP contribution in [-0.4, -0.2) is 17.9 Å². The van der Waals surface area contributed by atoms with Crippen LogP contribution >= 0.6 is 15.9 Å². The number of aromatic amines is 1. The van der Waals surface area contributed by atoms with E-state index in [1.165, 1.54) is 5.56 Å². The number of hydrogen-bond acceptors (Lipinski definition) is 1. The fraction of sp³-hybridized carbons (Fsp3) is 0.214. The number of amides is 1. The van der Waals surface area contributed by atoms with E-state index >= 15 is 0 Å². The average Bonchev–Trinajstić information content (AvgIpc) is 2.74. The van der Waals surface area contributed by atoms with E-state index in [-0.39, 0.29) is 5.91 Å². The molecule has 4 heteroatoms. The maximum Gasteiger partial charge on any atom is 0.274 e. The van der Waals surface area contributed by atoms with Gasteiger partial charge in [-0.15, -0.1) is 0 Å². The Bertz CT molecular complexity index is 589. The van der Waals surface area contributed by atoms with E-state index in [2.05, 4.69) is 27.0 Å². The quantitative estimate of drug-likeness (QED) is 0.903. The van der Waals surface area contributed by atoms with Crippen molar-refractivity contribution in [1.29, 1.82) is 0 Å². The third-order valence-corrected chi connectivity index (χ3v) is 3.35. The first-order valence-corrected chi connectivity index (χ1v) is 6.47. The van der Waals surface area contributed by atoms with Crippen LogP contribution in [0.25, 0.3) is 0 Å². The summed E-state index contributed by atoms with van der Waals surface area (Å²) < 4.78 is 0.875. The standard InChI is InChI=1S/C14H15BrN2O/c1-9-4-5-13(10(2)6-9)17(3)14(18)12-7-11(15)8-16-12/h4-8,16H,1-3H3. The highest BCUT2D eigenvalue weighted by Gasteiger charge is 2.16. The number of anilines is 1. The summed E-state index contributed by atoms with van der Waals surface area (Å²) in [7, 11) is 1.79. The zero-order chi connectivity index (χ0) is 13.3. The summed E-state index contributed by atoms with van der Waals surface area (Å²) in [5.74, 6) is -0.0485. The van der Waals surface area contributed by atoms with Gasteiger partial charge in [0.2, 0.25) is 0 Å². The minimum Gasteiger partial charge on any atom is -0.356 e. The lowest BCUT2D eigenvalue weighted by atomic mass is 10.1.